The molecule has 1 nitrogen and oxygen atoms in total. The fourth-order valence-electron chi connectivity index (χ4n) is 0.846. The quantitative estimate of drug-likeness (QED) is 0.434. The average Bonchev–Trinajstić information content (AvgIpc) is 2.02. The van der Waals surface area contributed by atoms with Gasteiger partial charge < -0.3 is 0 Å². The van der Waals surface area contributed by atoms with Crippen molar-refractivity contribution in [2.75, 3.05) is 7.05 Å². The molecule has 0 aromatic heterocycles. The van der Waals surface area contributed by atoms with Gasteiger partial charge in [-0.1, -0.05) is 11.6 Å². The van der Waals surface area contributed by atoms with E-state index in [1.165, 1.54) is 11.1 Å². The summed E-state index contributed by atoms with van der Waals surface area (Å²) in [5.74, 6) is 0. The minimum atomic E-state index is 0.957. The van der Waals surface area contributed by atoms with Gasteiger partial charge in [-0.2, -0.15) is 0 Å². The van der Waals surface area contributed by atoms with Gasteiger partial charge in [0.05, 0.1) is 0 Å². The molecule has 0 aliphatic rings. The van der Waals surface area contributed by atoms with Gasteiger partial charge in [-0.15, -0.1) is 6.58 Å². The third-order valence-electron chi connectivity index (χ3n) is 1.97. The molecule has 0 atom stereocenters. The fraction of sp³-hybridized carbons (Fsp3) is 0.500. The summed E-state index contributed by atoms with van der Waals surface area (Å²) >= 11 is 0. The lowest BCUT2D eigenvalue weighted by molar-refractivity contribution is 1.17. The molecule has 0 saturated heterocycles. The fourth-order valence-corrected chi connectivity index (χ4v) is 0.846. The van der Waals surface area contributed by atoms with E-state index < -0.39 is 0 Å². The average molecular weight is 151 g/mol. The van der Waals surface area contributed by atoms with E-state index in [1.54, 1.807) is 0 Å². The zero-order chi connectivity index (χ0) is 8.85. The molecule has 0 aromatic carbocycles. The first-order valence-electron chi connectivity index (χ1n) is 3.84. The van der Waals surface area contributed by atoms with Crippen LogP contribution in [-0.4, -0.2) is 12.8 Å². The van der Waals surface area contributed by atoms with Gasteiger partial charge in [0.2, 0.25) is 0 Å². The molecule has 62 valence electrons. The van der Waals surface area contributed by atoms with Crippen molar-refractivity contribution in [3.8, 4) is 0 Å². The number of hydrogen-bond donors (Lipinski definition) is 0. The number of rotatable bonds is 3. The lowest BCUT2D eigenvalue weighted by Crippen LogP contribution is -1.95. The molecule has 0 rings (SSSR count). The van der Waals surface area contributed by atoms with Gasteiger partial charge in [0, 0.05) is 12.8 Å². The normalized spacial score (nSPS) is 14.4. The van der Waals surface area contributed by atoms with E-state index in [2.05, 4.69) is 25.4 Å². The summed E-state index contributed by atoms with van der Waals surface area (Å²) in [7, 11) is 1.82. The zero-order valence-corrected chi connectivity index (χ0v) is 7.94. The van der Waals surface area contributed by atoms with E-state index in [1.807, 2.05) is 20.0 Å². The molecule has 0 amide bonds. The topological polar surface area (TPSA) is 12.4 Å². The van der Waals surface area contributed by atoms with Crippen molar-refractivity contribution in [2.45, 2.75) is 27.2 Å². The summed E-state index contributed by atoms with van der Waals surface area (Å²) < 4.78 is 0. The number of aliphatic imine (C=N–C) groups is 1. The lowest BCUT2D eigenvalue weighted by atomic mass is 10.0. The molecule has 0 N–H and O–H groups in total. The summed E-state index contributed by atoms with van der Waals surface area (Å²) in [6, 6.07) is 0. The molecule has 11 heavy (non-hydrogen) atoms. The van der Waals surface area contributed by atoms with Crippen LogP contribution in [0.25, 0.3) is 0 Å². The summed E-state index contributed by atoms with van der Waals surface area (Å²) in [6.45, 7) is 9.94. The summed E-state index contributed by atoms with van der Waals surface area (Å²) in [5.41, 5.74) is 3.75. The minimum Gasteiger partial charge on any atom is -0.293 e. The van der Waals surface area contributed by atoms with E-state index in [4.69, 9.17) is 0 Å². The first-order chi connectivity index (χ1) is 5.13. The van der Waals surface area contributed by atoms with Crippen molar-refractivity contribution < 1.29 is 0 Å². The minimum absolute atomic E-state index is 0.957. The van der Waals surface area contributed by atoms with Gasteiger partial charge >= 0.3 is 0 Å². The highest BCUT2D eigenvalue weighted by atomic mass is 14.7. The Balaban J connectivity index is 4.51. The van der Waals surface area contributed by atoms with Crippen LogP contribution in [-0.2, 0) is 0 Å². The third kappa shape index (κ3) is 3.17. The molecule has 0 unspecified atom stereocenters. The Kier molecular flexibility index (Phi) is 4.51. The summed E-state index contributed by atoms with van der Waals surface area (Å²) in [6.07, 6.45) is 2.88. The lowest BCUT2D eigenvalue weighted by Gasteiger charge is -2.03. The van der Waals surface area contributed by atoms with Crippen LogP contribution in [0.4, 0.5) is 0 Å². The Morgan fingerprint density at radius 2 is 1.91 bits per heavy atom. The molecule has 0 aromatic rings. The van der Waals surface area contributed by atoms with Crippen LogP contribution in [0, 0.1) is 0 Å². The second-order valence-corrected chi connectivity index (χ2v) is 2.71. The molecule has 0 fully saturated rings. The second kappa shape index (κ2) is 4.89. The summed E-state index contributed by atoms with van der Waals surface area (Å²) in [5, 5.41) is 0. The highest BCUT2D eigenvalue weighted by molar-refractivity contribution is 5.98. The number of hydrogen-bond acceptors (Lipinski definition) is 1. The molecular weight excluding hydrogens is 134 g/mol. The monoisotopic (exact) mass is 151 g/mol. The molecule has 0 bridgehead atoms. The van der Waals surface area contributed by atoms with Gasteiger partial charge in [-0.05, 0) is 32.8 Å². The predicted octanol–water partition coefficient (Wildman–Crippen LogP) is 2.99. The molecule has 0 radical (unpaired) electrons. The van der Waals surface area contributed by atoms with E-state index in [9.17, 15) is 0 Å². The van der Waals surface area contributed by atoms with Crippen molar-refractivity contribution >= 4 is 5.71 Å². The standard InChI is InChI=1S/C10H17N/c1-6-7-8(2)9(3)10(4)11-5/h6H,1,7H2,2-5H3/b9-8+,11-10?. The maximum absolute atomic E-state index is 4.12. The molecular formula is C10H17N. The highest BCUT2D eigenvalue weighted by Crippen LogP contribution is 2.09. The molecule has 0 spiro atoms. The Morgan fingerprint density at radius 1 is 1.36 bits per heavy atom. The van der Waals surface area contributed by atoms with Gasteiger partial charge in [0.15, 0.2) is 0 Å². The second-order valence-electron chi connectivity index (χ2n) is 2.71. The van der Waals surface area contributed by atoms with Crippen LogP contribution in [0.2, 0.25) is 0 Å². The van der Waals surface area contributed by atoms with E-state index >= 15 is 0 Å². The van der Waals surface area contributed by atoms with Crippen molar-refractivity contribution in [3.05, 3.63) is 23.8 Å². The van der Waals surface area contributed by atoms with Gasteiger partial charge in [-0.25, -0.2) is 0 Å². The molecule has 0 saturated carbocycles. The van der Waals surface area contributed by atoms with Gasteiger partial charge in [0.25, 0.3) is 0 Å². The molecule has 1 heteroatoms. The maximum atomic E-state index is 4.12. The predicted molar refractivity (Wildman–Crippen MR) is 52.2 cm³/mol. The van der Waals surface area contributed by atoms with E-state index in [0.29, 0.717) is 0 Å². The molecule has 0 aliphatic carbocycles. The Bertz CT molecular complexity index is 197. The number of nitrogens with zero attached hydrogens (tertiary/aromatic N) is 1. The van der Waals surface area contributed by atoms with Crippen molar-refractivity contribution in [1.82, 2.24) is 0 Å². The Morgan fingerprint density at radius 3 is 2.27 bits per heavy atom. The molecule has 0 heterocycles. The molecule has 0 aliphatic heterocycles. The number of allylic oxidation sites excluding steroid dienone is 3. The third-order valence-corrected chi connectivity index (χ3v) is 1.97. The highest BCUT2D eigenvalue weighted by Gasteiger charge is 1.97. The van der Waals surface area contributed by atoms with Gasteiger partial charge in [0.1, 0.15) is 0 Å². The van der Waals surface area contributed by atoms with Crippen molar-refractivity contribution in [1.29, 1.82) is 0 Å². The smallest absolute Gasteiger partial charge is 0.0342 e. The maximum Gasteiger partial charge on any atom is 0.0342 e. The van der Waals surface area contributed by atoms with E-state index in [-0.39, 0.29) is 0 Å². The first kappa shape index (κ1) is 10.2. The van der Waals surface area contributed by atoms with Crippen LogP contribution in [0.5, 0.6) is 0 Å². The van der Waals surface area contributed by atoms with Crippen molar-refractivity contribution in [3.63, 3.8) is 0 Å². The first-order valence-corrected chi connectivity index (χ1v) is 3.84. The SMILES string of the molecule is C=CC/C(C)=C(\C)C(C)=NC. The largest absolute Gasteiger partial charge is 0.293 e. The van der Waals surface area contributed by atoms with Crippen molar-refractivity contribution in [2.24, 2.45) is 4.99 Å². The van der Waals surface area contributed by atoms with Crippen LogP contribution in [0.15, 0.2) is 28.8 Å². The summed E-state index contributed by atoms with van der Waals surface area (Å²) in [4.78, 5) is 4.12. The van der Waals surface area contributed by atoms with Crippen LogP contribution in [0.1, 0.15) is 27.2 Å². The van der Waals surface area contributed by atoms with Crippen LogP contribution >= 0.6 is 0 Å². The zero-order valence-electron chi connectivity index (χ0n) is 7.94. The van der Waals surface area contributed by atoms with Crippen LogP contribution < -0.4 is 0 Å². The van der Waals surface area contributed by atoms with Gasteiger partial charge in [-0.3, -0.25) is 4.99 Å². The van der Waals surface area contributed by atoms with E-state index in [0.717, 1.165) is 12.1 Å². The Labute approximate surface area is 69.5 Å². The Hall–Kier alpha value is -0.850. The van der Waals surface area contributed by atoms with Crippen LogP contribution in [0.3, 0.4) is 0 Å².